The highest BCUT2D eigenvalue weighted by molar-refractivity contribution is 8.00. The van der Waals surface area contributed by atoms with E-state index in [9.17, 15) is 9.18 Å². The third kappa shape index (κ3) is 4.25. The van der Waals surface area contributed by atoms with E-state index in [4.69, 9.17) is 5.84 Å². The molecule has 0 spiro atoms. The third-order valence-corrected chi connectivity index (χ3v) is 4.82. The average molecular weight is 351 g/mol. The van der Waals surface area contributed by atoms with Gasteiger partial charge >= 0.3 is 0 Å². The van der Waals surface area contributed by atoms with Crippen molar-refractivity contribution in [1.29, 1.82) is 0 Å². The van der Waals surface area contributed by atoms with Gasteiger partial charge in [-0.2, -0.15) is 0 Å². The first-order valence-electron chi connectivity index (χ1n) is 7.68. The molecule has 8 heteroatoms. The number of nitrogens with one attached hydrogen (secondary N) is 1. The molecule has 2 aromatic rings. The molecule has 0 saturated heterocycles. The maximum atomic E-state index is 13.0. The Morgan fingerprint density at radius 3 is 2.58 bits per heavy atom. The Hall–Kier alpha value is -2.09. The normalized spacial score (nSPS) is 12.9. The molecule has 3 N–H and O–H groups in total. The van der Waals surface area contributed by atoms with E-state index in [0.29, 0.717) is 16.5 Å². The Morgan fingerprint density at radius 2 is 2.00 bits per heavy atom. The van der Waals surface area contributed by atoms with E-state index in [1.807, 2.05) is 20.8 Å². The van der Waals surface area contributed by atoms with Crippen LogP contribution in [0.1, 0.15) is 34.1 Å². The number of nitrogens with two attached hydrogens (primary N) is 1. The first-order chi connectivity index (χ1) is 11.2. The molecule has 0 aliphatic carbocycles. The SMILES string of the molecule is CCC(C)(C)NC(=O)C(C)Sc1nnc(-c2ccc(F)cc2)n1N. The van der Waals surface area contributed by atoms with Gasteiger partial charge in [0.25, 0.3) is 0 Å². The number of nitrogens with zero attached hydrogens (tertiary/aromatic N) is 3. The number of hydrogen-bond donors (Lipinski definition) is 2. The van der Waals surface area contributed by atoms with Gasteiger partial charge < -0.3 is 11.2 Å². The van der Waals surface area contributed by atoms with Crippen molar-refractivity contribution in [3.63, 3.8) is 0 Å². The smallest absolute Gasteiger partial charge is 0.233 e. The molecule has 1 unspecified atom stereocenters. The monoisotopic (exact) mass is 351 g/mol. The number of rotatable bonds is 6. The molecule has 130 valence electrons. The average Bonchev–Trinajstić information content (AvgIpc) is 2.89. The van der Waals surface area contributed by atoms with Crippen LogP contribution in [0.15, 0.2) is 29.4 Å². The highest BCUT2D eigenvalue weighted by atomic mass is 32.2. The van der Waals surface area contributed by atoms with Crippen LogP contribution in [0.3, 0.4) is 0 Å². The lowest BCUT2D eigenvalue weighted by Gasteiger charge is -2.26. The number of carbonyl (C=O) groups excluding carboxylic acids is 1. The minimum absolute atomic E-state index is 0.0850. The number of amides is 1. The van der Waals surface area contributed by atoms with Gasteiger partial charge in [0.15, 0.2) is 5.82 Å². The van der Waals surface area contributed by atoms with Crippen LogP contribution in [0.5, 0.6) is 0 Å². The van der Waals surface area contributed by atoms with Crippen molar-refractivity contribution < 1.29 is 9.18 Å². The number of aromatic nitrogens is 3. The molecule has 0 saturated carbocycles. The number of halogens is 1. The summed E-state index contributed by atoms with van der Waals surface area (Å²) in [5.41, 5.74) is 0.393. The summed E-state index contributed by atoms with van der Waals surface area (Å²) >= 11 is 1.23. The van der Waals surface area contributed by atoms with E-state index in [0.717, 1.165) is 6.42 Å². The van der Waals surface area contributed by atoms with Crippen LogP contribution in [-0.4, -0.2) is 31.6 Å². The molecular formula is C16H22FN5OS. The van der Waals surface area contributed by atoms with Crippen LogP contribution in [0, 0.1) is 5.82 Å². The summed E-state index contributed by atoms with van der Waals surface area (Å²) in [7, 11) is 0. The van der Waals surface area contributed by atoms with Crippen molar-refractivity contribution in [3.8, 4) is 11.4 Å². The Morgan fingerprint density at radius 1 is 1.38 bits per heavy atom. The summed E-state index contributed by atoms with van der Waals surface area (Å²) in [6.45, 7) is 7.75. The second-order valence-corrected chi connectivity index (χ2v) is 7.48. The number of hydrogen-bond acceptors (Lipinski definition) is 5. The molecule has 0 bridgehead atoms. The molecule has 2 rings (SSSR count). The third-order valence-electron chi connectivity index (χ3n) is 3.76. The zero-order chi connectivity index (χ0) is 17.9. The van der Waals surface area contributed by atoms with Crippen molar-refractivity contribution in [1.82, 2.24) is 20.2 Å². The molecule has 1 aromatic heterocycles. The van der Waals surface area contributed by atoms with Crippen LogP contribution in [0.4, 0.5) is 4.39 Å². The van der Waals surface area contributed by atoms with E-state index in [-0.39, 0.29) is 22.5 Å². The fraction of sp³-hybridized carbons (Fsp3) is 0.438. The molecule has 6 nitrogen and oxygen atoms in total. The maximum absolute atomic E-state index is 13.0. The molecule has 1 amide bonds. The molecule has 1 heterocycles. The predicted molar refractivity (Wildman–Crippen MR) is 93.4 cm³/mol. The van der Waals surface area contributed by atoms with Crippen LogP contribution in [-0.2, 0) is 4.79 Å². The van der Waals surface area contributed by atoms with Crippen LogP contribution >= 0.6 is 11.8 Å². The fourth-order valence-electron chi connectivity index (χ4n) is 1.89. The second-order valence-electron chi connectivity index (χ2n) is 6.17. The maximum Gasteiger partial charge on any atom is 0.233 e. The van der Waals surface area contributed by atoms with E-state index >= 15 is 0 Å². The number of thioether (sulfide) groups is 1. The molecular weight excluding hydrogens is 329 g/mol. The summed E-state index contributed by atoms with van der Waals surface area (Å²) < 4.78 is 14.3. The van der Waals surface area contributed by atoms with Crippen molar-refractivity contribution in [2.24, 2.45) is 0 Å². The molecule has 0 radical (unpaired) electrons. The molecule has 0 aliphatic rings. The van der Waals surface area contributed by atoms with Gasteiger partial charge in [-0.05, 0) is 51.5 Å². The highest BCUT2D eigenvalue weighted by Crippen LogP contribution is 2.25. The fourth-order valence-corrected chi connectivity index (χ4v) is 2.66. The quantitative estimate of drug-likeness (QED) is 0.617. The summed E-state index contributed by atoms with van der Waals surface area (Å²) in [5.74, 6) is 6.02. The largest absolute Gasteiger partial charge is 0.350 e. The minimum atomic E-state index is -0.372. The van der Waals surface area contributed by atoms with E-state index in [1.165, 1.54) is 28.6 Å². The second kappa shape index (κ2) is 7.21. The van der Waals surface area contributed by atoms with E-state index in [1.54, 1.807) is 19.1 Å². The Labute approximate surface area is 145 Å². The standard InChI is InChI=1S/C16H22FN5OS/c1-5-16(3,4)19-14(23)10(2)24-15-21-20-13(22(15)18)11-6-8-12(17)9-7-11/h6-10H,5,18H2,1-4H3,(H,19,23). The minimum Gasteiger partial charge on any atom is -0.350 e. The van der Waals surface area contributed by atoms with Crippen LogP contribution in [0.2, 0.25) is 0 Å². The zero-order valence-electron chi connectivity index (χ0n) is 14.2. The van der Waals surface area contributed by atoms with Gasteiger partial charge in [-0.25, -0.2) is 9.07 Å². The van der Waals surface area contributed by atoms with E-state index < -0.39 is 0 Å². The van der Waals surface area contributed by atoms with Gasteiger partial charge in [0.1, 0.15) is 5.82 Å². The highest BCUT2D eigenvalue weighted by Gasteiger charge is 2.24. The van der Waals surface area contributed by atoms with Gasteiger partial charge in [-0.1, -0.05) is 18.7 Å². The number of nitrogen functional groups attached to an aromatic ring is 1. The van der Waals surface area contributed by atoms with Crippen molar-refractivity contribution in [2.75, 3.05) is 5.84 Å². The van der Waals surface area contributed by atoms with Gasteiger partial charge in [0, 0.05) is 11.1 Å². The summed E-state index contributed by atoms with van der Waals surface area (Å²) in [4.78, 5) is 12.3. The van der Waals surface area contributed by atoms with Gasteiger partial charge in [0.05, 0.1) is 5.25 Å². The number of benzene rings is 1. The van der Waals surface area contributed by atoms with Crippen molar-refractivity contribution in [2.45, 2.75) is 50.1 Å². The zero-order valence-corrected chi connectivity index (χ0v) is 15.0. The molecule has 24 heavy (non-hydrogen) atoms. The summed E-state index contributed by atoms with van der Waals surface area (Å²) in [5, 5.41) is 11.1. The number of carbonyl (C=O) groups is 1. The van der Waals surface area contributed by atoms with Gasteiger partial charge in [0.2, 0.25) is 11.1 Å². The lowest BCUT2D eigenvalue weighted by atomic mass is 10.0. The molecule has 0 fully saturated rings. The van der Waals surface area contributed by atoms with E-state index in [2.05, 4.69) is 15.5 Å². The van der Waals surface area contributed by atoms with Gasteiger partial charge in [-0.15, -0.1) is 10.2 Å². The Kier molecular flexibility index (Phi) is 5.48. The molecule has 1 aromatic carbocycles. The van der Waals surface area contributed by atoms with Crippen molar-refractivity contribution >= 4 is 17.7 Å². The van der Waals surface area contributed by atoms with Gasteiger partial charge in [-0.3, -0.25) is 4.79 Å². The summed E-state index contributed by atoms with van der Waals surface area (Å²) in [6.07, 6.45) is 0.831. The Bertz CT molecular complexity index is 714. The Balaban J connectivity index is 2.11. The first kappa shape index (κ1) is 18.3. The molecule has 1 atom stereocenters. The first-order valence-corrected chi connectivity index (χ1v) is 8.56. The van der Waals surface area contributed by atoms with Crippen LogP contribution in [0.25, 0.3) is 11.4 Å². The lowest BCUT2D eigenvalue weighted by Crippen LogP contribution is -2.46. The topological polar surface area (TPSA) is 85.8 Å². The predicted octanol–water partition coefficient (Wildman–Crippen LogP) is 2.58. The molecule has 0 aliphatic heterocycles. The lowest BCUT2D eigenvalue weighted by molar-refractivity contribution is -0.121. The van der Waals surface area contributed by atoms with Crippen LogP contribution < -0.4 is 11.2 Å². The van der Waals surface area contributed by atoms with Crippen molar-refractivity contribution in [3.05, 3.63) is 30.1 Å². The summed E-state index contributed by atoms with van der Waals surface area (Å²) in [6, 6.07) is 5.83.